The fraction of sp³-hybridized carbons (Fsp3) is 0.231. The summed E-state index contributed by atoms with van der Waals surface area (Å²) in [7, 11) is 3.10. The standard InChI is InChI=1S/C13H13NO5S/c1-17-9-6-12(20-3)10(18-2)4-7(9)8-5-11(13(15)16)19-14-8/h4-6H,1-3H3,(H,15,16). The normalized spacial score (nSPS) is 10.3. The molecule has 0 atom stereocenters. The number of carboxylic acid groups (broad SMARTS) is 1. The first-order valence-electron chi connectivity index (χ1n) is 5.61. The fourth-order valence-electron chi connectivity index (χ4n) is 1.73. The summed E-state index contributed by atoms with van der Waals surface area (Å²) in [6.45, 7) is 0. The molecule has 0 unspecified atom stereocenters. The molecule has 0 bridgehead atoms. The van der Waals surface area contributed by atoms with E-state index in [9.17, 15) is 4.79 Å². The fourth-order valence-corrected chi connectivity index (χ4v) is 2.30. The maximum Gasteiger partial charge on any atom is 0.374 e. The average molecular weight is 295 g/mol. The summed E-state index contributed by atoms with van der Waals surface area (Å²) in [5.41, 5.74) is 0.989. The third-order valence-corrected chi connectivity index (χ3v) is 3.46. The van der Waals surface area contributed by atoms with Gasteiger partial charge in [0.1, 0.15) is 17.2 Å². The van der Waals surface area contributed by atoms with Crippen LogP contribution in [-0.4, -0.2) is 36.7 Å². The summed E-state index contributed by atoms with van der Waals surface area (Å²) in [4.78, 5) is 11.7. The van der Waals surface area contributed by atoms with Crippen molar-refractivity contribution in [2.24, 2.45) is 0 Å². The number of hydrogen-bond donors (Lipinski definition) is 1. The molecule has 0 aliphatic rings. The third kappa shape index (κ3) is 2.57. The van der Waals surface area contributed by atoms with E-state index in [0.717, 1.165) is 4.90 Å². The number of thioether (sulfide) groups is 1. The molecule has 2 aromatic rings. The summed E-state index contributed by atoms with van der Waals surface area (Å²) >= 11 is 1.52. The van der Waals surface area contributed by atoms with E-state index in [1.165, 1.54) is 24.9 Å². The predicted molar refractivity (Wildman–Crippen MR) is 73.8 cm³/mol. The smallest absolute Gasteiger partial charge is 0.374 e. The molecule has 106 valence electrons. The molecule has 1 aromatic carbocycles. The molecule has 0 aliphatic heterocycles. The molecule has 0 saturated carbocycles. The second-order valence-corrected chi connectivity index (χ2v) is 4.64. The summed E-state index contributed by atoms with van der Waals surface area (Å²) in [5.74, 6) is -0.168. The molecule has 0 spiro atoms. The average Bonchev–Trinajstić information content (AvgIpc) is 2.95. The van der Waals surface area contributed by atoms with Gasteiger partial charge in [-0.2, -0.15) is 0 Å². The van der Waals surface area contributed by atoms with Gasteiger partial charge in [0.2, 0.25) is 5.76 Å². The zero-order valence-electron chi connectivity index (χ0n) is 11.2. The van der Waals surface area contributed by atoms with Gasteiger partial charge in [0, 0.05) is 11.6 Å². The Balaban J connectivity index is 2.56. The van der Waals surface area contributed by atoms with Gasteiger partial charge in [0.05, 0.1) is 19.1 Å². The van der Waals surface area contributed by atoms with Crippen molar-refractivity contribution in [3.8, 4) is 22.8 Å². The second-order valence-electron chi connectivity index (χ2n) is 3.79. The summed E-state index contributed by atoms with van der Waals surface area (Å²) in [6, 6.07) is 4.90. The molecule has 0 aliphatic carbocycles. The molecule has 0 saturated heterocycles. The van der Waals surface area contributed by atoms with E-state index in [0.29, 0.717) is 22.8 Å². The van der Waals surface area contributed by atoms with Crippen molar-refractivity contribution < 1.29 is 23.9 Å². The maximum absolute atomic E-state index is 10.8. The van der Waals surface area contributed by atoms with E-state index in [2.05, 4.69) is 5.16 Å². The predicted octanol–water partition coefficient (Wildman–Crippen LogP) is 2.78. The number of benzene rings is 1. The van der Waals surface area contributed by atoms with Gasteiger partial charge in [0.15, 0.2) is 0 Å². The number of hydrogen-bond acceptors (Lipinski definition) is 6. The van der Waals surface area contributed by atoms with E-state index >= 15 is 0 Å². The number of aromatic carboxylic acids is 1. The molecule has 0 amide bonds. The van der Waals surface area contributed by atoms with Gasteiger partial charge in [-0.05, 0) is 18.4 Å². The van der Waals surface area contributed by atoms with Gasteiger partial charge in [-0.15, -0.1) is 11.8 Å². The third-order valence-electron chi connectivity index (χ3n) is 2.70. The monoisotopic (exact) mass is 295 g/mol. The first kappa shape index (κ1) is 14.3. The molecule has 6 nitrogen and oxygen atoms in total. The zero-order chi connectivity index (χ0) is 14.7. The van der Waals surface area contributed by atoms with Gasteiger partial charge < -0.3 is 19.1 Å². The molecule has 7 heteroatoms. The van der Waals surface area contributed by atoms with Crippen LogP contribution in [0.3, 0.4) is 0 Å². The molecular weight excluding hydrogens is 282 g/mol. The largest absolute Gasteiger partial charge is 0.496 e. The van der Waals surface area contributed by atoms with E-state index in [-0.39, 0.29) is 5.76 Å². The summed E-state index contributed by atoms with van der Waals surface area (Å²) in [5, 5.41) is 12.6. The minimum atomic E-state index is -1.17. The number of carbonyl (C=O) groups is 1. The van der Waals surface area contributed by atoms with Crippen LogP contribution in [0.1, 0.15) is 10.6 Å². The van der Waals surface area contributed by atoms with Crippen LogP contribution in [0.4, 0.5) is 0 Å². The molecule has 0 fully saturated rings. The highest BCUT2D eigenvalue weighted by molar-refractivity contribution is 7.98. The first-order chi connectivity index (χ1) is 9.60. The number of methoxy groups -OCH3 is 2. The van der Waals surface area contributed by atoms with Gasteiger partial charge in [-0.1, -0.05) is 5.16 Å². The van der Waals surface area contributed by atoms with Crippen molar-refractivity contribution >= 4 is 17.7 Å². The first-order valence-corrected chi connectivity index (χ1v) is 6.83. The molecule has 20 heavy (non-hydrogen) atoms. The molecule has 1 aromatic heterocycles. The van der Waals surface area contributed by atoms with Crippen molar-refractivity contribution in [3.05, 3.63) is 24.0 Å². The van der Waals surface area contributed by atoms with E-state index in [1.54, 1.807) is 13.2 Å². The molecular formula is C13H13NO5S. The lowest BCUT2D eigenvalue weighted by Gasteiger charge is -2.12. The van der Waals surface area contributed by atoms with E-state index in [1.807, 2.05) is 12.3 Å². The van der Waals surface area contributed by atoms with Crippen LogP contribution in [0.2, 0.25) is 0 Å². The number of aromatic nitrogens is 1. The number of ether oxygens (including phenoxy) is 2. The second kappa shape index (κ2) is 5.87. The topological polar surface area (TPSA) is 81.8 Å². The highest BCUT2D eigenvalue weighted by atomic mass is 32.2. The number of rotatable bonds is 5. The zero-order valence-corrected chi connectivity index (χ0v) is 12.0. The van der Waals surface area contributed by atoms with Gasteiger partial charge in [0.25, 0.3) is 0 Å². The molecule has 1 N–H and O–H groups in total. The van der Waals surface area contributed by atoms with E-state index < -0.39 is 5.97 Å². The SMILES string of the molecule is COc1cc(-c2cc(C(=O)O)on2)c(OC)cc1SC. The van der Waals surface area contributed by atoms with E-state index in [4.69, 9.17) is 19.1 Å². The van der Waals surface area contributed by atoms with Crippen LogP contribution < -0.4 is 9.47 Å². The molecule has 0 radical (unpaired) electrons. The highest BCUT2D eigenvalue weighted by Crippen LogP contribution is 2.39. The Morgan fingerprint density at radius 3 is 2.45 bits per heavy atom. The number of nitrogens with zero attached hydrogens (tertiary/aromatic N) is 1. The van der Waals surface area contributed by atoms with Crippen molar-refractivity contribution in [1.82, 2.24) is 5.16 Å². The van der Waals surface area contributed by atoms with Crippen LogP contribution >= 0.6 is 11.8 Å². The Labute approximate surface area is 119 Å². The minimum Gasteiger partial charge on any atom is -0.496 e. The lowest BCUT2D eigenvalue weighted by molar-refractivity contribution is 0.0652. The lowest BCUT2D eigenvalue weighted by atomic mass is 10.1. The number of carboxylic acids is 1. The van der Waals surface area contributed by atoms with Crippen LogP contribution in [0.15, 0.2) is 27.6 Å². The van der Waals surface area contributed by atoms with Crippen molar-refractivity contribution in [3.63, 3.8) is 0 Å². The van der Waals surface area contributed by atoms with Crippen molar-refractivity contribution in [2.45, 2.75) is 4.90 Å². The Morgan fingerprint density at radius 2 is 1.95 bits per heavy atom. The van der Waals surface area contributed by atoms with Crippen LogP contribution in [0.25, 0.3) is 11.3 Å². The van der Waals surface area contributed by atoms with Crippen LogP contribution in [-0.2, 0) is 0 Å². The maximum atomic E-state index is 10.8. The Kier molecular flexibility index (Phi) is 4.19. The Hall–Kier alpha value is -2.15. The lowest BCUT2D eigenvalue weighted by Crippen LogP contribution is -1.93. The van der Waals surface area contributed by atoms with Gasteiger partial charge in [-0.3, -0.25) is 0 Å². The van der Waals surface area contributed by atoms with Gasteiger partial charge in [-0.25, -0.2) is 4.79 Å². The van der Waals surface area contributed by atoms with Crippen LogP contribution in [0, 0.1) is 0 Å². The Bertz CT molecular complexity index is 638. The van der Waals surface area contributed by atoms with Gasteiger partial charge >= 0.3 is 5.97 Å². The molecule has 1 heterocycles. The summed E-state index contributed by atoms with van der Waals surface area (Å²) < 4.78 is 15.4. The minimum absolute atomic E-state index is 0.227. The van der Waals surface area contributed by atoms with Crippen LogP contribution in [0.5, 0.6) is 11.5 Å². The quantitative estimate of drug-likeness (QED) is 0.849. The molecule has 2 rings (SSSR count). The van der Waals surface area contributed by atoms with Crippen molar-refractivity contribution in [1.29, 1.82) is 0 Å². The summed E-state index contributed by atoms with van der Waals surface area (Å²) in [6.07, 6.45) is 1.93. The highest BCUT2D eigenvalue weighted by Gasteiger charge is 2.18. The van der Waals surface area contributed by atoms with Crippen molar-refractivity contribution in [2.75, 3.05) is 20.5 Å². The Morgan fingerprint density at radius 1 is 1.25 bits per heavy atom.